The van der Waals surface area contributed by atoms with Crippen LogP contribution in [0.2, 0.25) is 5.15 Å². The molecule has 2 aromatic rings. The van der Waals surface area contributed by atoms with Crippen molar-refractivity contribution >= 4 is 28.7 Å². The number of pyridine rings is 1. The molecule has 0 amide bonds. The molecule has 0 N–H and O–H groups in total. The maximum absolute atomic E-state index is 12.7. The van der Waals surface area contributed by atoms with Crippen molar-refractivity contribution < 1.29 is 27.4 Å². The standard InChI is InChI=1S/C14H11ClF3NO3/c1-3-21-13(20)22-11-7(2)9-5-4-8(14(16,17)18)6-10(9)19-12(11)15/h4-6H,3H2,1-2H3. The molecule has 0 atom stereocenters. The second-order valence-corrected chi connectivity index (χ2v) is 4.73. The van der Waals surface area contributed by atoms with Crippen LogP contribution in [0.15, 0.2) is 18.2 Å². The van der Waals surface area contributed by atoms with Gasteiger partial charge in [-0.2, -0.15) is 13.2 Å². The molecule has 22 heavy (non-hydrogen) atoms. The van der Waals surface area contributed by atoms with Gasteiger partial charge in [0.1, 0.15) is 0 Å². The Balaban J connectivity index is 2.52. The van der Waals surface area contributed by atoms with Crippen LogP contribution in [0.4, 0.5) is 18.0 Å². The Kier molecular flexibility index (Phi) is 4.46. The number of aryl methyl sites for hydroxylation is 1. The quantitative estimate of drug-likeness (QED) is 0.587. The van der Waals surface area contributed by atoms with Gasteiger partial charge in [-0.05, 0) is 26.0 Å². The Morgan fingerprint density at radius 1 is 1.36 bits per heavy atom. The van der Waals surface area contributed by atoms with E-state index in [4.69, 9.17) is 16.3 Å². The molecule has 4 nitrogen and oxygen atoms in total. The number of aromatic nitrogens is 1. The first kappa shape index (κ1) is 16.4. The highest BCUT2D eigenvalue weighted by Crippen LogP contribution is 2.36. The molecule has 8 heteroatoms. The van der Waals surface area contributed by atoms with Gasteiger partial charge in [0.05, 0.1) is 17.7 Å². The lowest BCUT2D eigenvalue weighted by molar-refractivity contribution is -0.137. The zero-order chi connectivity index (χ0) is 16.5. The Hall–Kier alpha value is -2.02. The fraction of sp³-hybridized carbons (Fsp3) is 0.286. The first-order chi connectivity index (χ1) is 10.2. The number of benzene rings is 1. The minimum atomic E-state index is -4.48. The summed E-state index contributed by atoms with van der Waals surface area (Å²) in [4.78, 5) is 15.2. The molecule has 0 aliphatic carbocycles. The van der Waals surface area contributed by atoms with E-state index in [9.17, 15) is 18.0 Å². The number of carbonyl (C=O) groups excluding carboxylic acids is 1. The molecule has 1 heterocycles. The number of nitrogens with zero attached hydrogens (tertiary/aromatic N) is 1. The second kappa shape index (κ2) is 6.00. The Bertz CT molecular complexity index is 731. The summed E-state index contributed by atoms with van der Waals surface area (Å²) in [7, 11) is 0. The first-order valence-corrected chi connectivity index (χ1v) is 6.63. The number of hydrogen-bond acceptors (Lipinski definition) is 4. The van der Waals surface area contributed by atoms with E-state index in [0.29, 0.717) is 10.9 Å². The largest absolute Gasteiger partial charge is 0.513 e. The molecule has 0 saturated heterocycles. The van der Waals surface area contributed by atoms with E-state index in [-0.39, 0.29) is 23.0 Å². The van der Waals surface area contributed by atoms with Crippen molar-refractivity contribution in [1.29, 1.82) is 0 Å². The van der Waals surface area contributed by atoms with E-state index in [2.05, 4.69) is 9.72 Å². The maximum Gasteiger partial charge on any atom is 0.513 e. The number of rotatable bonds is 2. The van der Waals surface area contributed by atoms with E-state index in [1.807, 2.05) is 0 Å². The fourth-order valence-electron chi connectivity index (χ4n) is 1.90. The molecular weight excluding hydrogens is 323 g/mol. The molecular formula is C14H11ClF3NO3. The average Bonchev–Trinajstić information content (AvgIpc) is 2.42. The molecule has 1 aromatic carbocycles. The van der Waals surface area contributed by atoms with Crippen molar-refractivity contribution in [3.8, 4) is 5.75 Å². The third-order valence-corrected chi connectivity index (χ3v) is 3.18. The van der Waals surface area contributed by atoms with Gasteiger partial charge in [-0.15, -0.1) is 0 Å². The third-order valence-electron chi connectivity index (χ3n) is 2.92. The van der Waals surface area contributed by atoms with E-state index in [1.165, 1.54) is 6.07 Å². The van der Waals surface area contributed by atoms with Gasteiger partial charge in [-0.1, -0.05) is 17.7 Å². The molecule has 118 valence electrons. The Morgan fingerprint density at radius 2 is 2.05 bits per heavy atom. The van der Waals surface area contributed by atoms with Crippen LogP contribution in [0.1, 0.15) is 18.1 Å². The van der Waals surface area contributed by atoms with Crippen LogP contribution in [0.5, 0.6) is 5.75 Å². The highest BCUT2D eigenvalue weighted by molar-refractivity contribution is 6.31. The topological polar surface area (TPSA) is 48.4 Å². The SMILES string of the molecule is CCOC(=O)Oc1c(Cl)nc2cc(C(F)(F)F)ccc2c1C. The van der Waals surface area contributed by atoms with Gasteiger partial charge >= 0.3 is 12.3 Å². The molecule has 0 aliphatic heterocycles. The number of hydrogen-bond donors (Lipinski definition) is 0. The molecule has 1 aromatic heterocycles. The predicted octanol–water partition coefficient (Wildman–Crippen LogP) is 4.75. The van der Waals surface area contributed by atoms with Crippen molar-refractivity contribution in [3.63, 3.8) is 0 Å². The summed E-state index contributed by atoms with van der Waals surface area (Å²) in [6.07, 6.45) is -5.43. The smallest absolute Gasteiger partial charge is 0.434 e. The summed E-state index contributed by atoms with van der Waals surface area (Å²) < 4.78 is 47.7. The summed E-state index contributed by atoms with van der Waals surface area (Å²) in [5.41, 5.74) is -0.368. The number of ether oxygens (including phenoxy) is 2. The van der Waals surface area contributed by atoms with E-state index in [0.717, 1.165) is 12.1 Å². The van der Waals surface area contributed by atoms with E-state index >= 15 is 0 Å². The molecule has 0 unspecified atom stereocenters. The molecule has 0 saturated carbocycles. The molecule has 0 radical (unpaired) electrons. The first-order valence-electron chi connectivity index (χ1n) is 6.25. The van der Waals surface area contributed by atoms with Crippen molar-refractivity contribution in [3.05, 3.63) is 34.5 Å². The van der Waals surface area contributed by atoms with Crippen LogP contribution in [0.3, 0.4) is 0 Å². The lowest BCUT2D eigenvalue weighted by Gasteiger charge is -2.12. The van der Waals surface area contributed by atoms with Crippen LogP contribution in [0, 0.1) is 6.92 Å². The zero-order valence-electron chi connectivity index (χ0n) is 11.6. The number of carbonyl (C=O) groups is 1. The van der Waals surface area contributed by atoms with Crippen LogP contribution in [-0.4, -0.2) is 17.7 Å². The number of halogens is 4. The highest BCUT2D eigenvalue weighted by atomic mass is 35.5. The van der Waals surface area contributed by atoms with Crippen LogP contribution in [0.25, 0.3) is 10.9 Å². The van der Waals surface area contributed by atoms with Crippen molar-refractivity contribution in [2.24, 2.45) is 0 Å². The lowest BCUT2D eigenvalue weighted by Crippen LogP contribution is -2.12. The summed E-state index contributed by atoms with van der Waals surface area (Å²) in [6, 6.07) is 3.08. The lowest BCUT2D eigenvalue weighted by atomic mass is 10.1. The van der Waals surface area contributed by atoms with Gasteiger partial charge in [0.2, 0.25) is 0 Å². The molecule has 0 aliphatic rings. The van der Waals surface area contributed by atoms with Gasteiger partial charge in [0, 0.05) is 10.9 Å². The van der Waals surface area contributed by atoms with Crippen LogP contribution in [-0.2, 0) is 10.9 Å². The van der Waals surface area contributed by atoms with Crippen molar-refractivity contribution in [2.75, 3.05) is 6.61 Å². The molecule has 0 fully saturated rings. The van der Waals surface area contributed by atoms with Gasteiger partial charge < -0.3 is 9.47 Å². The fourth-order valence-corrected chi connectivity index (χ4v) is 2.17. The average molecular weight is 334 g/mol. The minimum absolute atomic E-state index is 0.0348. The van der Waals surface area contributed by atoms with Gasteiger partial charge in [0.25, 0.3) is 0 Å². The van der Waals surface area contributed by atoms with Crippen LogP contribution < -0.4 is 4.74 Å². The van der Waals surface area contributed by atoms with Crippen molar-refractivity contribution in [2.45, 2.75) is 20.0 Å². The number of alkyl halides is 3. The van der Waals surface area contributed by atoms with Gasteiger partial charge in [-0.3, -0.25) is 0 Å². The molecule has 0 bridgehead atoms. The van der Waals surface area contributed by atoms with Crippen molar-refractivity contribution in [1.82, 2.24) is 4.98 Å². The van der Waals surface area contributed by atoms with Crippen LogP contribution >= 0.6 is 11.6 Å². The van der Waals surface area contributed by atoms with E-state index < -0.39 is 17.9 Å². The predicted molar refractivity (Wildman–Crippen MR) is 74.1 cm³/mol. The van der Waals surface area contributed by atoms with Gasteiger partial charge in [-0.25, -0.2) is 9.78 Å². The van der Waals surface area contributed by atoms with Gasteiger partial charge in [0.15, 0.2) is 10.9 Å². The minimum Gasteiger partial charge on any atom is -0.434 e. The second-order valence-electron chi connectivity index (χ2n) is 4.37. The summed E-state index contributed by atoms with van der Waals surface area (Å²) in [6.45, 7) is 3.29. The summed E-state index contributed by atoms with van der Waals surface area (Å²) in [5.74, 6) is -0.0348. The summed E-state index contributed by atoms with van der Waals surface area (Å²) in [5, 5.41) is 0.189. The van der Waals surface area contributed by atoms with E-state index in [1.54, 1.807) is 13.8 Å². The number of fused-ring (bicyclic) bond motifs is 1. The molecule has 0 spiro atoms. The summed E-state index contributed by atoms with van der Waals surface area (Å²) >= 11 is 5.89. The third kappa shape index (κ3) is 3.24. The Morgan fingerprint density at radius 3 is 2.64 bits per heavy atom. The maximum atomic E-state index is 12.7. The zero-order valence-corrected chi connectivity index (χ0v) is 12.4. The normalized spacial score (nSPS) is 11.5. The highest BCUT2D eigenvalue weighted by Gasteiger charge is 2.31. The Labute approximate surface area is 128 Å². The monoisotopic (exact) mass is 333 g/mol. The molecule has 2 rings (SSSR count).